The van der Waals surface area contributed by atoms with Gasteiger partial charge in [0.25, 0.3) is 0 Å². The fourth-order valence-electron chi connectivity index (χ4n) is 2.39. The Labute approximate surface area is 95.3 Å². The highest BCUT2D eigenvalue weighted by Crippen LogP contribution is 2.27. The van der Waals surface area contributed by atoms with E-state index in [1.54, 1.807) is 0 Å². The minimum Gasteiger partial charge on any atom is -0.435 e. The quantitative estimate of drug-likeness (QED) is 0.580. The second-order valence-corrected chi connectivity index (χ2v) is 4.48. The standard InChI is InChI=1S/C12H17N2O2/c1-13-7-5-11(6-8-13)14(12(15)16)9-3-2-4-10-14/h5-8H,2-4,9-10H2,1H3/q+1/p+1. The van der Waals surface area contributed by atoms with Gasteiger partial charge in [0, 0.05) is 0 Å². The number of hydrogen-bond donors (Lipinski definition) is 1. The first-order valence-corrected chi connectivity index (χ1v) is 5.72. The summed E-state index contributed by atoms with van der Waals surface area (Å²) in [6.07, 6.45) is 6.22. The van der Waals surface area contributed by atoms with Gasteiger partial charge in [-0.3, -0.25) is 0 Å². The second-order valence-electron chi connectivity index (χ2n) is 4.48. The van der Waals surface area contributed by atoms with Crippen LogP contribution in [0.25, 0.3) is 0 Å². The monoisotopic (exact) mass is 222 g/mol. The molecule has 0 saturated carbocycles. The van der Waals surface area contributed by atoms with Gasteiger partial charge in [-0.2, -0.15) is 9.28 Å². The number of piperidine rings is 1. The lowest BCUT2D eigenvalue weighted by molar-refractivity contribution is -0.671. The van der Waals surface area contributed by atoms with E-state index in [0.29, 0.717) is 13.1 Å². The Morgan fingerprint density at radius 2 is 1.81 bits per heavy atom. The molecule has 1 fully saturated rings. The van der Waals surface area contributed by atoms with Crippen molar-refractivity contribution in [3.8, 4) is 0 Å². The minimum atomic E-state index is -0.728. The molecule has 2 heterocycles. The van der Waals surface area contributed by atoms with Crippen LogP contribution in [0.3, 0.4) is 0 Å². The molecule has 1 saturated heterocycles. The number of rotatable bonds is 1. The molecule has 0 atom stereocenters. The predicted octanol–water partition coefficient (Wildman–Crippen LogP) is 1.68. The summed E-state index contributed by atoms with van der Waals surface area (Å²) in [5.74, 6) is 0. The van der Waals surface area contributed by atoms with Gasteiger partial charge in [-0.05, 0) is 19.3 Å². The lowest BCUT2D eigenvalue weighted by Gasteiger charge is -2.34. The smallest absolute Gasteiger partial charge is 0.435 e. The van der Waals surface area contributed by atoms with E-state index in [4.69, 9.17) is 0 Å². The van der Waals surface area contributed by atoms with Gasteiger partial charge >= 0.3 is 6.09 Å². The first kappa shape index (κ1) is 11.1. The number of carboxylic acid groups (broad SMARTS) is 1. The van der Waals surface area contributed by atoms with E-state index in [0.717, 1.165) is 24.9 Å². The van der Waals surface area contributed by atoms with Gasteiger partial charge in [0.05, 0.1) is 25.2 Å². The second kappa shape index (κ2) is 4.22. The van der Waals surface area contributed by atoms with Gasteiger partial charge in [0.15, 0.2) is 18.1 Å². The molecule has 0 spiro atoms. The molecular formula is C12H18N2O2+2. The van der Waals surface area contributed by atoms with Crippen LogP contribution in [0.15, 0.2) is 24.5 Å². The highest BCUT2D eigenvalue weighted by molar-refractivity contribution is 5.80. The Balaban J connectivity index is 2.38. The predicted molar refractivity (Wildman–Crippen MR) is 61.0 cm³/mol. The van der Waals surface area contributed by atoms with Gasteiger partial charge in [0.1, 0.15) is 7.05 Å². The number of amides is 1. The molecule has 16 heavy (non-hydrogen) atoms. The summed E-state index contributed by atoms with van der Waals surface area (Å²) in [4.78, 5) is 11.5. The van der Waals surface area contributed by atoms with E-state index >= 15 is 0 Å². The van der Waals surface area contributed by atoms with Crippen LogP contribution in [0.2, 0.25) is 0 Å². The van der Waals surface area contributed by atoms with Gasteiger partial charge in [0.2, 0.25) is 0 Å². The molecule has 4 heteroatoms. The van der Waals surface area contributed by atoms with Crippen LogP contribution < -0.4 is 9.05 Å². The number of nitrogens with zero attached hydrogens (tertiary/aromatic N) is 2. The molecule has 1 aromatic rings. The molecule has 1 N–H and O–H groups in total. The van der Waals surface area contributed by atoms with Gasteiger partial charge in [-0.1, -0.05) is 0 Å². The lowest BCUT2D eigenvalue weighted by Crippen LogP contribution is -2.56. The van der Waals surface area contributed by atoms with Crippen molar-refractivity contribution in [2.45, 2.75) is 19.3 Å². The first-order chi connectivity index (χ1) is 7.65. The van der Waals surface area contributed by atoms with Crippen LogP contribution in [-0.2, 0) is 7.05 Å². The van der Waals surface area contributed by atoms with Crippen molar-refractivity contribution in [3.05, 3.63) is 24.5 Å². The minimum absolute atomic E-state index is 0.0981. The molecule has 1 aromatic heterocycles. The topological polar surface area (TPSA) is 41.2 Å². The Morgan fingerprint density at radius 1 is 1.25 bits per heavy atom. The lowest BCUT2D eigenvalue weighted by atomic mass is 10.1. The number of pyridine rings is 1. The number of aromatic nitrogens is 1. The van der Waals surface area contributed by atoms with Crippen LogP contribution in [0.5, 0.6) is 0 Å². The van der Waals surface area contributed by atoms with E-state index in [2.05, 4.69) is 0 Å². The summed E-state index contributed by atoms with van der Waals surface area (Å²) in [6, 6.07) is 3.83. The van der Waals surface area contributed by atoms with E-state index in [1.807, 2.05) is 36.1 Å². The zero-order chi connectivity index (χ0) is 11.6. The highest BCUT2D eigenvalue weighted by Gasteiger charge is 2.41. The van der Waals surface area contributed by atoms with Crippen molar-refractivity contribution in [1.29, 1.82) is 0 Å². The van der Waals surface area contributed by atoms with E-state index in [1.165, 1.54) is 0 Å². The summed E-state index contributed by atoms with van der Waals surface area (Å²) in [7, 11) is 1.94. The fourth-order valence-corrected chi connectivity index (χ4v) is 2.39. The molecule has 1 aliphatic rings. The summed E-state index contributed by atoms with van der Waals surface area (Å²) in [5.41, 5.74) is 0.894. The molecule has 1 aliphatic heterocycles. The van der Waals surface area contributed by atoms with Crippen molar-refractivity contribution in [1.82, 2.24) is 4.48 Å². The summed E-state index contributed by atoms with van der Waals surface area (Å²) < 4.78 is 2.02. The maximum atomic E-state index is 11.5. The number of hydrogen-bond acceptors (Lipinski definition) is 1. The van der Waals surface area contributed by atoms with Crippen molar-refractivity contribution in [2.24, 2.45) is 7.05 Å². The summed E-state index contributed by atoms with van der Waals surface area (Å²) in [5, 5.41) is 9.48. The molecule has 0 radical (unpaired) electrons. The average Bonchev–Trinajstić information content (AvgIpc) is 2.30. The van der Waals surface area contributed by atoms with Gasteiger partial charge in [-0.25, -0.2) is 4.57 Å². The van der Waals surface area contributed by atoms with Crippen molar-refractivity contribution >= 4 is 11.8 Å². The molecule has 1 amide bonds. The van der Waals surface area contributed by atoms with E-state index in [-0.39, 0.29) is 4.48 Å². The van der Waals surface area contributed by atoms with Crippen molar-refractivity contribution in [2.75, 3.05) is 13.1 Å². The number of aryl methyl sites for hydroxylation is 1. The third-order valence-corrected chi connectivity index (χ3v) is 3.40. The Morgan fingerprint density at radius 3 is 2.31 bits per heavy atom. The van der Waals surface area contributed by atoms with Crippen LogP contribution in [-0.4, -0.2) is 24.3 Å². The van der Waals surface area contributed by atoms with Crippen molar-refractivity contribution in [3.63, 3.8) is 0 Å². The molecular weight excluding hydrogens is 204 g/mol. The Kier molecular flexibility index (Phi) is 2.92. The molecule has 86 valence electrons. The zero-order valence-electron chi connectivity index (χ0n) is 9.59. The van der Waals surface area contributed by atoms with Crippen LogP contribution in [0.4, 0.5) is 10.5 Å². The highest BCUT2D eigenvalue weighted by atomic mass is 16.4. The van der Waals surface area contributed by atoms with Gasteiger partial charge in [-0.15, -0.1) is 0 Å². The molecule has 0 aromatic carbocycles. The molecule has 0 aliphatic carbocycles. The van der Waals surface area contributed by atoms with Gasteiger partial charge < -0.3 is 5.11 Å². The Hall–Kier alpha value is -1.42. The number of carbonyl (C=O) groups is 1. The van der Waals surface area contributed by atoms with Crippen LogP contribution in [0, 0.1) is 0 Å². The maximum Gasteiger partial charge on any atom is 0.518 e. The fraction of sp³-hybridized carbons (Fsp3) is 0.500. The summed E-state index contributed by atoms with van der Waals surface area (Å²) in [6.45, 7) is 1.42. The van der Waals surface area contributed by atoms with Crippen molar-refractivity contribution < 1.29 is 14.5 Å². The molecule has 0 bridgehead atoms. The van der Waals surface area contributed by atoms with Crippen LogP contribution >= 0.6 is 0 Å². The third kappa shape index (κ3) is 1.80. The van der Waals surface area contributed by atoms with Crippen LogP contribution in [0.1, 0.15) is 19.3 Å². The normalized spacial score (nSPS) is 19.3. The summed E-state index contributed by atoms with van der Waals surface area (Å²) >= 11 is 0. The SMILES string of the molecule is C[n+]1ccc([N+]2(C(=O)O)CCCCC2)cc1. The van der Waals surface area contributed by atoms with E-state index in [9.17, 15) is 9.90 Å². The molecule has 0 unspecified atom stereocenters. The largest absolute Gasteiger partial charge is 0.518 e. The molecule has 4 nitrogen and oxygen atoms in total. The van der Waals surface area contributed by atoms with E-state index < -0.39 is 6.09 Å². The molecule has 2 rings (SSSR count). The third-order valence-electron chi connectivity index (χ3n) is 3.40. The zero-order valence-corrected chi connectivity index (χ0v) is 9.59. The average molecular weight is 222 g/mol. The Bertz CT molecular complexity index is 381. The first-order valence-electron chi connectivity index (χ1n) is 5.72. The maximum absolute atomic E-state index is 11.5. The number of likely N-dealkylation sites (tertiary alicyclic amines) is 1. The number of quaternary nitrogens is 1.